The van der Waals surface area contributed by atoms with Crippen LogP contribution in [0.3, 0.4) is 0 Å². The van der Waals surface area contributed by atoms with Crippen molar-refractivity contribution in [2.75, 3.05) is 6.54 Å². The SMILES string of the molecule is CCNC(c1ccc(F)c(Br)c1)c1cc(C)c(Cl)s1. The summed E-state index contributed by atoms with van der Waals surface area (Å²) in [5.41, 5.74) is 2.10. The Balaban J connectivity index is 2.41. The lowest BCUT2D eigenvalue weighted by Gasteiger charge is -2.17. The minimum atomic E-state index is -0.251. The monoisotopic (exact) mass is 361 g/mol. The molecular weight excluding hydrogens is 349 g/mol. The van der Waals surface area contributed by atoms with E-state index in [4.69, 9.17) is 11.6 Å². The van der Waals surface area contributed by atoms with Gasteiger partial charge in [-0.3, -0.25) is 0 Å². The summed E-state index contributed by atoms with van der Waals surface area (Å²) in [6.07, 6.45) is 0. The second-order valence-corrected chi connectivity index (χ2v) is 6.81. The summed E-state index contributed by atoms with van der Waals surface area (Å²) in [5, 5.41) is 3.41. The lowest BCUT2D eigenvalue weighted by molar-refractivity contribution is 0.611. The van der Waals surface area contributed by atoms with E-state index in [1.54, 1.807) is 17.4 Å². The van der Waals surface area contributed by atoms with E-state index in [0.717, 1.165) is 26.9 Å². The molecule has 0 fully saturated rings. The Morgan fingerprint density at radius 3 is 2.68 bits per heavy atom. The summed E-state index contributed by atoms with van der Waals surface area (Å²) in [5.74, 6) is -0.251. The first-order valence-electron chi connectivity index (χ1n) is 5.97. The summed E-state index contributed by atoms with van der Waals surface area (Å²) in [6, 6.07) is 7.21. The van der Waals surface area contributed by atoms with Crippen molar-refractivity contribution in [2.24, 2.45) is 0 Å². The van der Waals surface area contributed by atoms with Gasteiger partial charge in [0.1, 0.15) is 5.82 Å². The van der Waals surface area contributed by atoms with E-state index in [1.807, 2.05) is 19.9 Å². The van der Waals surface area contributed by atoms with Gasteiger partial charge in [-0.15, -0.1) is 11.3 Å². The van der Waals surface area contributed by atoms with E-state index in [0.29, 0.717) is 4.47 Å². The van der Waals surface area contributed by atoms with Crippen LogP contribution < -0.4 is 5.32 Å². The van der Waals surface area contributed by atoms with Crippen molar-refractivity contribution in [3.63, 3.8) is 0 Å². The molecule has 0 saturated carbocycles. The van der Waals surface area contributed by atoms with Crippen LogP contribution in [0, 0.1) is 12.7 Å². The van der Waals surface area contributed by atoms with Crippen molar-refractivity contribution in [3.8, 4) is 0 Å². The molecule has 0 aliphatic rings. The Labute approximate surface area is 129 Å². The smallest absolute Gasteiger partial charge is 0.137 e. The van der Waals surface area contributed by atoms with Crippen LogP contribution in [0.2, 0.25) is 4.34 Å². The lowest BCUT2D eigenvalue weighted by atomic mass is 10.0. The highest BCUT2D eigenvalue weighted by atomic mass is 79.9. The third-order valence-electron chi connectivity index (χ3n) is 2.85. The van der Waals surface area contributed by atoms with Crippen molar-refractivity contribution < 1.29 is 4.39 Å². The average molecular weight is 363 g/mol. The molecule has 2 rings (SSSR count). The largest absolute Gasteiger partial charge is 0.306 e. The molecule has 5 heteroatoms. The third-order valence-corrected chi connectivity index (χ3v) is 5.07. The fourth-order valence-corrected chi connectivity index (χ4v) is 3.62. The van der Waals surface area contributed by atoms with Gasteiger partial charge in [0.25, 0.3) is 0 Å². The average Bonchev–Trinajstić information content (AvgIpc) is 2.70. The first-order valence-corrected chi connectivity index (χ1v) is 7.95. The second kappa shape index (κ2) is 6.35. The van der Waals surface area contributed by atoms with Crippen molar-refractivity contribution in [2.45, 2.75) is 19.9 Å². The number of benzene rings is 1. The quantitative estimate of drug-likeness (QED) is 0.777. The van der Waals surface area contributed by atoms with Crippen LogP contribution in [0.5, 0.6) is 0 Å². The molecule has 1 aromatic carbocycles. The van der Waals surface area contributed by atoms with Gasteiger partial charge in [0.05, 0.1) is 14.9 Å². The van der Waals surface area contributed by atoms with Gasteiger partial charge in [-0.25, -0.2) is 4.39 Å². The first kappa shape index (κ1) is 15.0. The Bertz CT molecular complexity index is 565. The van der Waals surface area contributed by atoms with Gasteiger partial charge in [-0.2, -0.15) is 0 Å². The third kappa shape index (κ3) is 3.37. The number of halogens is 3. The standard InChI is InChI=1S/C14H14BrClFNS/c1-3-18-13(12-6-8(2)14(16)19-12)9-4-5-11(17)10(15)7-9/h4-7,13,18H,3H2,1-2H3. The molecule has 1 heterocycles. The predicted octanol–water partition coefficient (Wildman–Crippen LogP) is 5.31. The van der Waals surface area contributed by atoms with Gasteiger partial charge >= 0.3 is 0 Å². The van der Waals surface area contributed by atoms with Crippen molar-refractivity contribution in [1.82, 2.24) is 5.32 Å². The molecule has 1 aromatic heterocycles. The normalized spacial score (nSPS) is 12.7. The summed E-state index contributed by atoms with van der Waals surface area (Å²) in [6.45, 7) is 4.87. The zero-order chi connectivity index (χ0) is 14.0. The molecular formula is C14H14BrClFNS. The molecule has 19 heavy (non-hydrogen) atoms. The number of thiophene rings is 1. The van der Waals surface area contributed by atoms with Crippen molar-refractivity contribution in [3.05, 3.63) is 54.9 Å². The molecule has 1 N–H and O–H groups in total. The van der Waals surface area contributed by atoms with Crippen molar-refractivity contribution >= 4 is 38.9 Å². The van der Waals surface area contributed by atoms with Gasteiger partial charge in [-0.05, 0) is 58.7 Å². The molecule has 0 amide bonds. The summed E-state index contributed by atoms with van der Waals surface area (Å²) < 4.78 is 14.6. The van der Waals surface area contributed by atoms with Gasteiger partial charge < -0.3 is 5.32 Å². The summed E-state index contributed by atoms with van der Waals surface area (Å²) >= 11 is 10.9. The highest BCUT2D eigenvalue weighted by molar-refractivity contribution is 9.10. The van der Waals surface area contributed by atoms with Crippen LogP contribution in [0.1, 0.15) is 29.0 Å². The number of hydrogen-bond donors (Lipinski definition) is 1. The minimum Gasteiger partial charge on any atom is -0.306 e. The van der Waals surface area contributed by atoms with Gasteiger partial charge in [0.2, 0.25) is 0 Å². The second-order valence-electron chi connectivity index (χ2n) is 4.27. The van der Waals surface area contributed by atoms with Crippen LogP contribution in [0.15, 0.2) is 28.7 Å². The van der Waals surface area contributed by atoms with Crippen molar-refractivity contribution in [1.29, 1.82) is 0 Å². The zero-order valence-corrected chi connectivity index (χ0v) is 13.8. The van der Waals surface area contributed by atoms with E-state index < -0.39 is 0 Å². The fraction of sp³-hybridized carbons (Fsp3) is 0.286. The van der Waals surface area contributed by atoms with E-state index in [9.17, 15) is 4.39 Å². The Kier molecular flexibility index (Phi) is 5.01. The van der Waals surface area contributed by atoms with E-state index in [2.05, 4.69) is 27.3 Å². The van der Waals surface area contributed by atoms with E-state index in [1.165, 1.54) is 6.07 Å². The van der Waals surface area contributed by atoms with E-state index in [-0.39, 0.29) is 11.9 Å². The van der Waals surface area contributed by atoms with Crippen LogP contribution in [0.4, 0.5) is 4.39 Å². The highest BCUT2D eigenvalue weighted by Crippen LogP contribution is 2.35. The topological polar surface area (TPSA) is 12.0 Å². The molecule has 0 saturated heterocycles. The Hall–Kier alpha value is -0.420. The molecule has 1 nitrogen and oxygen atoms in total. The first-order chi connectivity index (χ1) is 9.02. The molecule has 1 unspecified atom stereocenters. The predicted molar refractivity (Wildman–Crippen MR) is 83.7 cm³/mol. The van der Waals surface area contributed by atoms with Crippen LogP contribution in [0.25, 0.3) is 0 Å². The molecule has 2 aromatic rings. The summed E-state index contributed by atoms with van der Waals surface area (Å²) in [4.78, 5) is 1.14. The van der Waals surface area contributed by atoms with Crippen LogP contribution >= 0.6 is 38.9 Å². The maximum absolute atomic E-state index is 13.3. The Morgan fingerprint density at radius 1 is 1.42 bits per heavy atom. The number of aryl methyl sites for hydroxylation is 1. The highest BCUT2D eigenvalue weighted by Gasteiger charge is 2.17. The molecule has 0 aliphatic heterocycles. The zero-order valence-electron chi connectivity index (χ0n) is 10.6. The maximum atomic E-state index is 13.3. The van der Waals surface area contributed by atoms with Crippen LogP contribution in [-0.4, -0.2) is 6.54 Å². The summed E-state index contributed by atoms with van der Waals surface area (Å²) in [7, 11) is 0. The Morgan fingerprint density at radius 2 is 2.16 bits per heavy atom. The maximum Gasteiger partial charge on any atom is 0.137 e. The van der Waals surface area contributed by atoms with Gasteiger partial charge in [0, 0.05) is 4.88 Å². The molecule has 0 aliphatic carbocycles. The lowest BCUT2D eigenvalue weighted by Crippen LogP contribution is -2.21. The van der Waals surface area contributed by atoms with Gasteiger partial charge in [0.15, 0.2) is 0 Å². The molecule has 0 spiro atoms. The number of rotatable bonds is 4. The number of nitrogens with one attached hydrogen (secondary N) is 1. The minimum absolute atomic E-state index is 0.0399. The molecule has 0 radical (unpaired) electrons. The number of hydrogen-bond acceptors (Lipinski definition) is 2. The molecule has 1 atom stereocenters. The fourth-order valence-electron chi connectivity index (χ4n) is 1.90. The molecule has 0 bridgehead atoms. The van der Waals surface area contributed by atoms with Gasteiger partial charge in [-0.1, -0.05) is 24.6 Å². The van der Waals surface area contributed by atoms with E-state index >= 15 is 0 Å². The van der Waals surface area contributed by atoms with Crippen LogP contribution in [-0.2, 0) is 0 Å². The molecule has 102 valence electrons.